The van der Waals surface area contributed by atoms with Crippen molar-refractivity contribution in [1.82, 2.24) is 10.2 Å². The molecule has 98 valence electrons. The maximum Gasteiger partial charge on any atom is 0.303 e. The number of nitrogens with one attached hydrogen (secondary N) is 1. The van der Waals surface area contributed by atoms with Crippen molar-refractivity contribution in [2.45, 2.75) is 32.6 Å². The molecule has 0 saturated carbocycles. The standard InChI is InChI=1S/C12H22N2O3/c1-2-13-11(15)9-14-7-3-4-10(8-14)5-6-12(16)17/h10H,2-9H2,1H3,(H,13,15)(H,16,17). The van der Waals surface area contributed by atoms with Gasteiger partial charge < -0.3 is 10.4 Å². The highest BCUT2D eigenvalue weighted by atomic mass is 16.4. The molecule has 1 heterocycles. The lowest BCUT2D eigenvalue weighted by Gasteiger charge is -2.31. The molecule has 1 aliphatic rings. The van der Waals surface area contributed by atoms with Crippen LogP contribution in [0.2, 0.25) is 0 Å². The fourth-order valence-electron chi connectivity index (χ4n) is 2.31. The first kappa shape index (κ1) is 14.0. The Morgan fingerprint density at radius 3 is 2.88 bits per heavy atom. The first-order valence-corrected chi connectivity index (χ1v) is 6.32. The van der Waals surface area contributed by atoms with Crippen LogP contribution in [0.25, 0.3) is 0 Å². The zero-order chi connectivity index (χ0) is 12.7. The predicted molar refractivity (Wildman–Crippen MR) is 64.7 cm³/mol. The molecule has 1 aliphatic heterocycles. The minimum absolute atomic E-state index is 0.0615. The van der Waals surface area contributed by atoms with Crippen molar-refractivity contribution in [2.24, 2.45) is 5.92 Å². The van der Waals surface area contributed by atoms with E-state index >= 15 is 0 Å². The van der Waals surface area contributed by atoms with Gasteiger partial charge in [0.2, 0.25) is 5.91 Å². The maximum atomic E-state index is 11.4. The first-order valence-electron chi connectivity index (χ1n) is 6.32. The third-order valence-electron chi connectivity index (χ3n) is 3.11. The quantitative estimate of drug-likeness (QED) is 0.719. The molecule has 0 spiro atoms. The van der Waals surface area contributed by atoms with Crippen LogP contribution in [-0.4, -0.2) is 48.1 Å². The monoisotopic (exact) mass is 242 g/mol. The van der Waals surface area contributed by atoms with Gasteiger partial charge in [-0.2, -0.15) is 0 Å². The normalized spacial score (nSPS) is 21.1. The third kappa shape index (κ3) is 5.68. The van der Waals surface area contributed by atoms with E-state index in [1.807, 2.05) is 6.92 Å². The summed E-state index contributed by atoms with van der Waals surface area (Å²) in [7, 11) is 0. The second-order valence-electron chi connectivity index (χ2n) is 4.63. The molecule has 0 bridgehead atoms. The van der Waals surface area contributed by atoms with Crippen LogP contribution in [0.5, 0.6) is 0 Å². The molecule has 0 radical (unpaired) electrons. The smallest absolute Gasteiger partial charge is 0.303 e. The Bertz CT molecular complexity index is 268. The molecule has 0 aromatic rings. The fraction of sp³-hybridized carbons (Fsp3) is 0.833. The fourth-order valence-corrected chi connectivity index (χ4v) is 2.31. The molecule has 1 unspecified atom stereocenters. The molecule has 1 amide bonds. The second-order valence-corrected chi connectivity index (χ2v) is 4.63. The van der Waals surface area contributed by atoms with Crippen LogP contribution in [0, 0.1) is 5.92 Å². The number of nitrogens with zero attached hydrogens (tertiary/aromatic N) is 1. The zero-order valence-electron chi connectivity index (χ0n) is 10.4. The molecule has 17 heavy (non-hydrogen) atoms. The van der Waals surface area contributed by atoms with Gasteiger partial charge in [0, 0.05) is 19.5 Å². The zero-order valence-corrected chi connectivity index (χ0v) is 10.4. The van der Waals surface area contributed by atoms with Crippen molar-refractivity contribution in [3.63, 3.8) is 0 Å². The number of likely N-dealkylation sites (tertiary alicyclic amines) is 1. The minimum Gasteiger partial charge on any atom is -0.481 e. The average molecular weight is 242 g/mol. The van der Waals surface area contributed by atoms with Crippen molar-refractivity contribution < 1.29 is 14.7 Å². The summed E-state index contributed by atoms with van der Waals surface area (Å²) in [5.74, 6) is -0.244. The number of likely N-dealkylation sites (N-methyl/N-ethyl adjacent to an activating group) is 1. The molecule has 1 saturated heterocycles. The van der Waals surface area contributed by atoms with Crippen molar-refractivity contribution in [1.29, 1.82) is 0 Å². The summed E-state index contributed by atoms with van der Waals surface area (Å²) < 4.78 is 0. The lowest BCUT2D eigenvalue weighted by atomic mass is 9.93. The molecular weight excluding hydrogens is 220 g/mol. The number of piperidine rings is 1. The Morgan fingerprint density at radius 1 is 1.47 bits per heavy atom. The van der Waals surface area contributed by atoms with Crippen LogP contribution in [0.4, 0.5) is 0 Å². The second kappa shape index (κ2) is 7.27. The molecule has 5 nitrogen and oxygen atoms in total. The third-order valence-corrected chi connectivity index (χ3v) is 3.11. The number of amides is 1. The van der Waals surface area contributed by atoms with E-state index in [2.05, 4.69) is 10.2 Å². The number of hydrogen-bond donors (Lipinski definition) is 2. The van der Waals surface area contributed by atoms with Gasteiger partial charge in [0.25, 0.3) is 0 Å². The Hall–Kier alpha value is -1.10. The Morgan fingerprint density at radius 2 is 2.24 bits per heavy atom. The summed E-state index contributed by atoms with van der Waals surface area (Å²) in [6.07, 6.45) is 3.10. The topological polar surface area (TPSA) is 69.6 Å². The van der Waals surface area contributed by atoms with Gasteiger partial charge in [-0.1, -0.05) is 0 Å². The van der Waals surface area contributed by atoms with Gasteiger partial charge in [-0.05, 0) is 38.6 Å². The Kier molecular flexibility index (Phi) is 5.97. The van der Waals surface area contributed by atoms with E-state index in [-0.39, 0.29) is 12.3 Å². The van der Waals surface area contributed by atoms with E-state index in [1.165, 1.54) is 0 Å². The molecule has 1 rings (SSSR count). The van der Waals surface area contributed by atoms with Crippen LogP contribution in [0.3, 0.4) is 0 Å². The highest BCUT2D eigenvalue weighted by Gasteiger charge is 2.21. The molecule has 0 aromatic carbocycles. The maximum absolute atomic E-state index is 11.4. The first-order chi connectivity index (χ1) is 8.11. The Balaban J connectivity index is 2.28. The lowest BCUT2D eigenvalue weighted by molar-refractivity contribution is -0.137. The molecule has 1 fully saturated rings. The molecule has 5 heteroatoms. The van der Waals surface area contributed by atoms with Crippen molar-refractivity contribution in [3.8, 4) is 0 Å². The number of carboxylic acids is 1. The predicted octanol–water partition coefficient (Wildman–Crippen LogP) is 0.699. The van der Waals surface area contributed by atoms with Gasteiger partial charge in [-0.25, -0.2) is 0 Å². The van der Waals surface area contributed by atoms with E-state index in [9.17, 15) is 9.59 Å². The average Bonchev–Trinajstić information content (AvgIpc) is 2.27. The van der Waals surface area contributed by atoms with Crippen molar-refractivity contribution >= 4 is 11.9 Å². The van der Waals surface area contributed by atoms with E-state index in [0.29, 0.717) is 19.0 Å². The van der Waals surface area contributed by atoms with E-state index in [0.717, 1.165) is 32.4 Å². The van der Waals surface area contributed by atoms with Crippen LogP contribution >= 0.6 is 0 Å². The highest BCUT2D eigenvalue weighted by molar-refractivity contribution is 5.77. The van der Waals surface area contributed by atoms with Crippen molar-refractivity contribution in [2.75, 3.05) is 26.2 Å². The molecule has 0 aromatic heterocycles. The minimum atomic E-state index is -0.731. The SMILES string of the molecule is CCNC(=O)CN1CCCC(CCC(=O)O)C1. The Labute approximate surface area is 102 Å². The molecule has 1 atom stereocenters. The van der Waals surface area contributed by atoms with E-state index in [1.54, 1.807) is 0 Å². The summed E-state index contributed by atoms with van der Waals surface area (Å²) in [5.41, 5.74) is 0. The van der Waals surface area contributed by atoms with Gasteiger partial charge in [-0.15, -0.1) is 0 Å². The summed E-state index contributed by atoms with van der Waals surface area (Å²) in [5, 5.41) is 11.4. The largest absolute Gasteiger partial charge is 0.481 e. The summed E-state index contributed by atoms with van der Waals surface area (Å²) in [6, 6.07) is 0. The highest BCUT2D eigenvalue weighted by Crippen LogP contribution is 2.20. The summed E-state index contributed by atoms with van der Waals surface area (Å²) in [6.45, 7) is 4.81. The number of carboxylic acid groups (broad SMARTS) is 1. The molecule has 0 aliphatic carbocycles. The number of carbonyl (C=O) groups is 2. The van der Waals surface area contributed by atoms with Crippen LogP contribution < -0.4 is 5.32 Å². The summed E-state index contributed by atoms with van der Waals surface area (Å²) >= 11 is 0. The van der Waals surface area contributed by atoms with Gasteiger partial charge in [0.1, 0.15) is 0 Å². The lowest BCUT2D eigenvalue weighted by Crippen LogP contribution is -2.42. The van der Waals surface area contributed by atoms with Gasteiger partial charge in [-0.3, -0.25) is 14.5 Å². The number of carbonyl (C=O) groups excluding carboxylic acids is 1. The molecule has 2 N–H and O–H groups in total. The van der Waals surface area contributed by atoms with Gasteiger partial charge in [0.15, 0.2) is 0 Å². The van der Waals surface area contributed by atoms with Crippen molar-refractivity contribution in [3.05, 3.63) is 0 Å². The molecular formula is C12H22N2O3. The van der Waals surface area contributed by atoms with E-state index in [4.69, 9.17) is 5.11 Å². The van der Waals surface area contributed by atoms with Gasteiger partial charge >= 0.3 is 5.97 Å². The number of aliphatic carboxylic acids is 1. The van der Waals surface area contributed by atoms with Crippen LogP contribution in [0.15, 0.2) is 0 Å². The number of hydrogen-bond acceptors (Lipinski definition) is 3. The van der Waals surface area contributed by atoms with E-state index < -0.39 is 5.97 Å². The summed E-state index contributed by atoms with van der Waals surface area (Å²) in [4.78, 5) is 24.1. The van der Waals surface area contributed by atoms with Crippen LogP contribution in [-0.2, 0) is 9.59 Å². The van der Waals surface area contributed by atoms with Crippen LogP contribution in [0.1, 0.15) is 32.6 Å². The van der Waals surface area contributed by atoms with Gasteiger partial charge in [0.05, 0.1) is 6.54 Å². The number of rotatable bonds is 6.